The van der Waals surface area contributed by atoms with Gasteiger partial charge in [0.1, 0.15) is 6.04 Å². The van der Waals surface area contributed by atoms with Crippen molar-refractivity contribution in [1.29, 1.82) is 0 Å². The summed E-state index contributed by atoms with van der Waals surface area (Å²) < 4.78 is 5.15. The second-order valence-corrected chi connectivity index (χ2v) is 8.08. The van der Waals surface area contributed by atoms with Gasteiger partial charge >= 0.3 is 12.0 Å². The number of likely N-dealkylation sites (tertiary alicyclic amines) is 1. The van der Waals surface area contributed by atoms with E-state index in [1.165, 1.54) is 0 Å². The molecule has 0 aromatic heterocycles. The average Bonchev–Trinajstić information content (AvgIpc) is 2.80. The standard InChI is InChI=1S/C25H31N3O4/c1-3-32-24(30)20-10-7-15-28(17-20)23(29)22(16-19-8-5-4-6-9-19)27-25(31)26-21-13-11-18(2)12-14-21/h4-6,8-9,11-14,20,22H,3,7,10,15-17H2,1-2H3,(H2,26,27,31). The van der Waals surface area contributed by atoms with Gasteiger partial charge in [0.25, 0.3) is 0 Å². The van der Waals surface area contributed by atoms with Gasteiger partial charge in [-0.1, -0.05) is 48.0 Å². The van der Waals surface area contributed by atoms with Crippen molar-refractivity contribution < 1.29 is 19.1 Å². The molecule has 32 heavy (non-hydrogen) atoms. The Morgan fingerprint density at radius 3 is 2.50 bits per heavy atom. The van der Waals surface area contributed by atoms with Crippen LogP contribution in [-0.4, -0.2) is 48.5 Å². The summed E-state index contributed by atoms with van der Waals surface area (Å²) in [7, 11) is 0. The number of anilines is 1. The summed E-state index contributed by atoms with van der Waals surface area (Å²) in [6.07, 6.45) is 1.79. The molecule has 2 N–H and O–H groups in total. The highest BCUT2D eigenvalue weighted by Crippen LogP contribution is 2.20. The third kappa shape index (κ3) is 6.57. The molecule has 1 heterocycles. The van der Waals surface area contributed by atoms with Gasteiger partial charge in [0.05, 0.1) is 12.5 Å². The van der Waals surface area contributed by atoms with E-state index >= 15 is 0 Å². The molecule has 7 heteroatoms. The zero-order chi connectivity index (χ0) is 22.9. The molecule has 1 aliphatic heterocycles. The topological polar surface area (TPSA) is 87.7 Å². The summed E-state index contributed by atoms with van der Waals surface area (Å²) in [4.78, 5) is 39.9. The first kappa shape index (κ1) is 23.3. The van der Waals surface area contributed by atoms with Crippen LogP contribution in [0.15, 0.2) is 54.6 Å². The van der Waals surface area contributed by atoms with E-state index in [0.717, 1.165) is 17.5 Å². The summed E-state index contributed by atoms with van der Waals surface area (Å²) in [6.45, 7) is 4.93. The van der Waals surface area contributed by atoms with Crippen molar-refractivity contribution in [2.24, 2.45) is 5.92 Å². The number of benzene rings is 2. The summed E-state index contributed by atoms with van der Waals surface area (Å²) in [6, 6.07) is 15.8. The first-order valence-corrected chi connectivity index (χ1v) is 11.1. The summed E-state index contributed by atoms with van der Waals surface area (Å²) in [5, 5.41) is 5.63. The van der Waals surface area contributed by atoms with E-state index < -0.39 is 12.1 Å². The number of hydrogen-bond donors (Lipinski definition) is 2. The van der Waals surface area contributed by atoms with Crippen LogP contribution in [0.1, 0.15) is 30.9 Å². The molecule has 2 atom stereocenters. The predicted molar refractivity (Wildman–Crippen MR) is 123 cm³/mol. The number of esters is 1. The Hall–Kier alpha value is -3.35. The van der Waals surface area contributed by atoms with Crippen molar-refractivity contribution in [3.05, 3.63) is 65.7 Å². The predicted octanol–water partition coefficient (Wildman–Crippen LogP) is 3.53. The third-order valence-corrected chi connectivity index (χ3v) is 5.55. The number of urea groups is 1. The van der Waals surface area contributed by atoms with E-state index in [0.29, 0.717) is 38.2 Å². The molecular formula is C25H31N3O4. The third-order valence-electron chi connectivity index (χ3n) is 5.55. The highest BCUT2D eigenvalue weighted by Gasteiger charge is 2.33. The van der Waals surface area contributed by atoms with Crippen LogP contribution in [0.3, 0.4) is 0 Å². The molecular weight excluding hydrogens is 406 g/mol. The maximum Gasteiger partial charge on any atom is 0.319 e. The Balaban J connectivity index is 1.71. The zero-order valence-electron chi connectivity index (χ0n) is 18.7. The molecule has 2 aromatic carbocycles. The number of nitrogens with zero attached hydrogens (tertiary/aromatic N) is 1. The molecule has 0 aliphatic carbocycles. The fourth-order valence-electron chi connectivity index (χ4n) is 3.86. The molecule has 7 nitrogen and oxygen atoms in total. The number of hydrogen-bond acceptors (Lipinski definition) is 4. The minimum absolute atomic E-state index is 0.193. The molecule has 170 valence electrons. The van der Waals surface area contributed by atoms with Crippen LogP contribution in [0.25, 0.3) is 0 Å². The summed E-state index contributed by atoms with van der Waals surface area (Å²) >= 11 is 0. The van der Waals surface area contributed by atoms with Gasteiger partial charge in [0.2, 0.25) is 5.91 Å². The molecule has 1 aliphatic rings. The van der Waals surface area contributed by atoms with E-state index in [-0.39, 0.29) is 17.8 Å². The molecule has 1 saturated heterocycles. The number of rotatable bonds is 7. The van der Waals surface area contributed by atoms with Crippen LogP contribution < -0.4 is 10.6 Å². The lowest BCUT2D eigenvalue weighted by atomic mass is 9.96. The van der Waals surface area contributed by atoms with Crippen LogP contribution in [0, 0.1) is 12.8 Å². The van der Waals surface area contributed by atoms with E-state index in [2.05, 4.69) is 10.6 Å². The van der Waals surface area contributed by atoms with Gasteiger partial charge in [-0.05, 0) is 44.4 Å². The van der Waals surface area contributed by atoms with Crippen molar-refractivity contribution >= 4 is 23.6 Å². The normalized spacial score (nSPS) is 16.7. The lowest BCUT2D eigenvalue weighted by molar-refractivity contribution is -0.151. The van der Waals surface area contributed by atoms with E-state index in [1.54, 1.807) is 11.8 Å². The molecule has 0 spiro atoms. The second kappa shape index (κ2) is 11.3. The molecule has 3 amide bonds. The fourth-order valence-corrected chi connectivity index (χ4v) is 3.86. The Morgan fingerprint density at radius 1 is 1.09 bits per heavy atom. The molecule has 1 fully saturated rings. The molecule has 3 rings (SSSR count). The van der Waals surface area contributed by atoms with Gasteiger partial charge in [-0.2, -0.15) is 0 Å². The van der Waals surface area contributed by atoms with Gasteiger partial charge in [0, 0.05) is 25.2 Å². The van der Waals surface area contributed by atoms with Gasteiger partial charge < -0.3 is 20.3 Å². The number of carbonyl (C=O) groups is 3. The smallest absolute Gasteiger partial charge is 0.319 e. The quantitative estimate of drug-likeness (QED) is 0.649. The lowest BCUT2D eigenvalue weighted by Crippen LogP contribution is -2.53. The summed E-state index contributed by atoms with van der Waals surface area (Å²) in [5.74, 6) is -0.789. The van der Waals surface area contributed by atoms with Crippen molar-refractivity contribution in [2.75, 3.05) is 25.0 Å². The first-order chi connectivity index (χ1) is 15.5. The van der Waals surface area contributed by atoms with E-state index in [9.17, 15) is 14.4 Å². The van der Waals surface area contributed by atoms with Crippen molar-refractivity contribution in [3.8, 4) is 0 Å². The van der Waals surface area contributed by atoms with Gasteiger partial charge in [-0.15, -0.1) is 0 Å². The SMILES string of the molecule is CCOC(=O)C1CCCN(C(=O)C(Cc2ccccc2)NC(=O)Nc2ccc(C)cc2)C1. The van der Waals surface area contributed by atoms with Crippen molar-refractivity contribution in [2.45, 2.75) is 39.2 Å². The Morgan fingerprint density at radius 2 is 1.81 bits per heavy atom. The molecule has 0 radical (unpaired) electrons. The number of piperidine rings is 1. The monoisotopic (exact) mass is 437 g/mol. The first-order valence-electron chi connectivity index (χ1n) is 11.1. The minimum atomic E-state index is -0.746. The average molecular weight is 438 g/mol. The van der Waals surface area contributed by atoms with Crippen LogP contribution in [0.2, 0.25) is 0 Å². The van der Waals surface area contributed by atoms with Crippen molar-refractivity contribution in [3.63, 3.8) is 0 Å². The van der Waals surface area contributed by atoms with Gasteiger partial charge in [-0.3, -0.25) is 9.59 Å². The Labute approximate surface area is 189 Å². The fraction of sp³-hybridized carbons (Fsp3) is 0.400. The second-order valence-electron chi connectivity index (χ2n) is 8.08. The highest BCUT2D eigenvalue weighted by molar-refractivity contribution is 5.94. The van der Waals surface area contributed by atoms with Gasteiger partial charge in [-0.25, -0.2) is 4.79 Å². The van der Waals surface area contributed by atoms with Crippen LogP contribution in [-0.2, 0) is 20.7 Å². The molecule has 0 saturated carbocycles. The number of nitrogens with one attached hydrogen (secondary N) is 2. The number of aryl methyl sites for hydroxylation is 1. The highest BCUT2D eigenvalue weighted by atomic mass is 16.5. The Kier molecular flexibility index (Phi) is 8.25. The van der Waals surface area contributed by atoms with Crippen LogP contribution in [0.4, 0.5) is 10.5 Å². The van der Waals surface area contributed by atoms with Crippen LogP contribution in [0.5, 0.6) is 0 Å². The maximum absolute atomic E-state index is 13.4. The largest absolute Gasteiger partial charge is 0.466 e. The minimum Gasteiger partial charge on any atom is -0.466 e. The maximum atomic E-state index is 13.4. The number of amides is 3. The Bertz CT molecular complexity index is 915. The van der Waals surface area contributed by atoms with Crippen LogP contribution >= 0.6 is 0 Å². The molecule has 0 bridgehead atoms. The van der Waals surface area contributed by atoms with E-state index in [1.807, 2.05) is 61.5 Å². The van der Waals surface area contributed by atoms with Gasteiger partial charge in [0.15, 0.2) is 0 Å². The van der Waals surface area contributed by atoms with Crippen molar-refractivity contribution in [1.82, 2.24) is 10.2 Å². The van der Waals surface area contributed by atoms with E-state index in [4.69, 9.17) is 4.74 Å². The lowest BCUT2D eigenvalue weighted by Gasteiger charge is -2.34. The molecule has 2 unspecified atom stereocenters. The number of carbonyl (C=O) groups excluding carboxylic acids is 3. The zero-order valence-corrected chi connectivity index (χ0v) is 18.7. The summed E-state index contributed by atoms with van der Waals surface area (Å²) in [5.41, 5.74) is 2.69. The molecule has 2 aromatic rings. The number of ether oxygens (including phenoxy) is 1.